The van der Waals surface area contributed by atoms with Crippen LogP contribution in [0.5, 0.6) is 0 Å². The van der Waals surface area contributed by atoms with Gasteiger partial charge < -0.3 is 0 Å². The summed E-state index contributed by atoms with van der Waals surface area (Å²) >= 11 is 0. The standard InChI is InChI=1S/C5H4F7/c6-1-3(8)5(11,12)4(9,10)2-7/h2-3H,1H2. The van der Waals surface area contributed by atoms with E-state index >= 15 is 0 Å². The van der Waals surface area contributed by atoms with Crippen molar-refractivity contribution in [1.29, 1.82) is 0 Å². The van der Waals surface area contributed by atoms with E-state index in [2.05, 4.69) is 0 Å². The van der Waals surface area contributed by atoms with Crippen molar-refractivity contribution >= 4 is 0 Å². The molecule has 1 radical (unpaired) electrons. The maximum absolute atomic E-state index is 12.0. The van der Waals surface area contributed by atoms with Crippen molar-refractivity contribution in [3.8, 4) is 0 Å². The van der Waals surface area contributed by atoms with E-state index in [0.29, 0.717) is 0 Å². The second kappa shape index (κ2) is 3.49. The molecule has 0 bridgehead atoms. The first kappa shape index (κ1) is 11.5. The quantitative estimate of drug-likeness (QED) is 0.608. The van der Waals surface area contributed by atoms with Crippen molar-refractivity contribution in [2.24, 2.45) is 0 Å². The number of hydrogen-bond acceptors (Lipinski definition) is 0. The minimum atomic E-state index is -5.35. The Balaban J connectivity index is 4.58. The minimum Gasteiger partial charge on any atom is -0.248 e. The molecular weight excluding hydrogens is 193 g/mol. The Morgan fingerprint density at radius 3 is 1.83 bits per heavy atom. The highest BCUT2D eigenvalue weighted by atomic mass is 19.3. The molecule has 7 heteroatoms. The summed E-state index contributed by atoms with van der Waals surface area (Å²) < 4.78 is 81.6. The van der Waals surface area contributed by atoms with Gasteiger partial charge in [-0.1, -0.05) is 0 Å². The Labute approximate surface area is 63.4 Å². The fourth-order valence-corrected chi connectivity index (χ4v) is 0.378. The predicted octanol–water partition coefficient (Wildman–Crippen LogP) is 2.70. The van der Waals surface area contributed by atoms with Crippen LogP contribution in [0.3, 0.4) is 0 Å². The topological polar surface area (TPSA) is 0 Å². The zero-order valence-electron chi connectivity index (χ0n) is 5.51. The molecule has 0 heterocycles. The molecule has 0 aromatic heterocycles. The van der Waals surface area contributed by atoms with Crippen LogP contribution in [0.25, 0.3) is 0 Å². The van der Waals surface area contributed by atoms with Gasteiger partial charge in [-0.05, 0) is 0 Å². The second-order valence-electron chi connectivity index (χ2n) is 1.98. The molecule has 0 N–H and O–H groups in total. The summed E-state index contributed by atoms with van der Waals surface area (Å²) in [5, 5.41) is 0. The third-order valence-corrected chi connectivity index (χ3v) is 1.11. The summed E-state index contributed by atoms with van der Waals surface area (Å²) in [6.45, 7) is -3.95. The molecule has 0 aromatic rings. The Kier molecular flexibility index (Phi) is 3.34. The molecule has 0 rings (SSSR count). The Morgan fingerprint density at radius 1 is 1.17 bits per heavy atom. The maximum atomic E-state index is 12.0. The second-order valence-corrected chi connectivity index (χ2v) is 1.98. The monoisotopic (exact) mass is 197 g/mol. The smallest absolute Gasteiger partial charge is 0.248 e. The summed E-state index contributed by atoms with van der Waals surface area (Å²) in [5.41, 5.74) is 0. The Bertz CT molecular complexity index is 143. The number of halogens is 7. The highest BCUT2D eigenvalue weighted by molar-refractivity contribution is 4.95. The SMILES string of the molecule is F[CH]C(F)(F)C(F)(F)C(F)CF. The Morgan fingerprint density at radius 2 is 1.58 bits per heavy atom. The summed E-state index contributed by atoms with van der Waals surface area (Å²) in [6.07, 6.45) is -3.71. The van der Waals surface area contributed by atoms with Gasteiger partial charge in [-0.15, -0.1) is 0 Å². The summed E-state index contributed by atoms with van der Waals surface area (Å²) in [4.78, 5) is 0. The molecule has 0 aliphatic rings. The van der Waals surface area contributed by atoms with E-state index < -0.39 is 31.4 Å². The molecule has 1 atom stereocenters. The van der Waals surface area contributed by atoms with E-state index in [0.717, 1.165) is 0 Å². The van der Waals surface area contributed by atoms with E-state index in [-0.39, 0.29) is 0 Å². The zero-order valence-corrected chi connectivity index (χ0v) is 5.51. The van der Waals surface area contributed by atoms with Crippen LogP contribution < -0.4 is 0 Å². The van der Waals surface area contributed by atoms with Gasteiger partial charge in [0.15, 0.2) is 6.17 Å². The van der Waals surface area contributed by atoms with E-state index in [4.69, 9.17) is 0 Å². The lowest BCUT2D eigenvalue weighted by Crippen LogP contribution is -2.48. The highest BCUT2D eigenvalue weighted by Crippen LogP contribution is 2.40. The normalized spacial score (nSPS) is 16.2. The molecule has 0 saturated carbocycles. The van der Waals surface area contributed by atoms with Gasteiger partial charge in [0.2, 0.25) is 6.67 Å². The molecule has 0 saturated heterocycles. The van der Waals surface area contributed by atoms with Gasteiger partial charge in [0.1, 0.15) is 6.67 Å². The van der Waals surface area contributed by atoms with Crippen LogP contribution in [0.2, 0.25) is 0 Å². The van der Waals surface area contributed by atoms with Crippen molar-refractivity contribution in [2.75, 3.05) is 6.67 Å². The summed E-state index contributed by atoms with van der Waals surface area (Å²) in [5.74, 6) is -10.6. The summed E-state index contributed by atoms with van der Waals surface area (Å²) in [7, 11) is 0. The molecule has 0 aliphatic heterocycles. The van der Waals surface area contributed by atoms with Crippen molar-refractivity contribution in [3.63, 3.8) is 0 Å². The molecule has 0 spiro atoms. The molecule has 0 aromatic carbocycles. The third kappa shape index (κ3) is 1.81. The van der Waals surface area contributed by atoms with Gasteiger partial charge in [0.25, 0.3) is 0 Å². The van der Waals surface area contributed by atoms with Crippen LogP contribution in [0, 0.1) is 6.67 Å². The van der Waals surface area contributed by atoms with Crippen molar-refractivity contribution in [2.45, 2.75) is 18.0 Å². The summed E-state index contributed by atoms with van der Waals surface area (Å²) in [6, 6.07) is 0. The van der Waals surface area contributed by atoms with E-state index in [1.807, 2.05) is 0 Å². The van der Waals surface area contributed by atoms with Gasteiger partial charge in [-0.3, -0.25) is 0 Å². The van der Waals surface area contributed by atoms with E-state index in [1.54, 1.807) is 0 Å². The van der Waals surface area contributed by atoms with Crippen LogP contribution in [0.15, 0.2) is 0 Å². The van der Waals surface area contributed by atoms with Crippen LogP contribution in [-0.2, 0) is 0 Å². The average Bonchev–Trinajstić information content (AvgIpc) is 2.02. The molecule has 0 nitrogen and oxygen atoms in total. The largest absolute Gasteiger partial charge is 0.346 e. The average molecular weight is 197 g/mol. The highest BCUT2D eigenvalue weighted by Gasteiger charge is 2.62. The number of alkyl halides is 6. The van der Waals surface area contributed by atoms with Crippen molar-refractivity contribution in [3.05, 3.63) is 6.67 Å². The predicted molar refractivity (Wildman–Crippen MR) is 26.2 cm³/mol. The van der Waals surface area contributed by atoms with E-state index in [9.17, 15) is 30.7 Å². The van der Waals surface area contributed by atoms with Gasteiger partial charge in [0.05, 0.1) is 0 Å². The van der Waals surface area contributed by atoms with Gasteiger partial charge in [0, 0.05) is 0 Å². The lowest BCUT2D eigenvalue weighted by molar-refractivity contribution is -0.231. The number of hydrogen-bond donors (Lipinski definition) is 0. The van der Waals surface area contributed by atoms with Crippen molar-refractivity contribution in [1.82, 2.24) is 0 Å². The molecule has 73 valence electrons. The van der Waals surface area contributed by atoms with Gasteiger partial charge >= 0.3 is 11.8 Å². The first-order chi connectivity index (χ1) is 5.29. The number of rotatable bonds is 4. The van der Waals surface area contributed by atoms with Crippen LogP contribution in [0.1, 0.15) is 0 Å². The van der Waals surface area contributed by atoms with Crippen molar-refractivity contribution < 1.29 is 30.7 Å². The fourth-order valence-electron chi connectivity index (χ4n) is 0.378. The van der Waals surface area contributed by atoms with Gasteiger partial charge in [-0.25, -0.2) is 13.2 Å². The first-order valence-electron chi connectivity index (χ1n) is 2.70. The molecule has 1 unspecified atom stereocenters. The van der Waals surface area contributed by atoms with Gasteiger partial charge in [-0.2, -0.15) is 17.6 Å². The molecule has 0 amide bonds. The lowest BCUT2D eigenvalue weighted by atomic mass is 10.1. The van der Waals surface area contributed by atoms with Crippen LogP contribution in [0.4, 0.5) is 30.7 Å². The molecule has 0 fully saturated rings. The molecule has 0 aliphatic carbocycles. The fraction of sp³-hybridized carbons (Fsp3) is 0.800. The molecular formula is C5H4F7. The first-order valence-corrected chi connectivity index (χ1v) is 2.70. The third-order valence-electron chi connectivity index (χ3n) is 1.11. The zero-order chi connectivity index (χ0) is 9.99. The maximum Gasteiger partial charge on any atom is 0.346 e. The Hall–Kier alpha value is -0.490. The van der Waals surface area contributed by atoms with Crippen LogP contribution in [-0.4, -0.2) is 24.7 Å². The lowest BCUT2D eigenvalue weighted by Gasteiger charge is -2.24. The minimum absolute atomic E-state index is 1.66. The van der Waals surface area contributed by atoms with Crippen LogP contribution >= 0.6 is 0 Å². The van der Waals surface area contributed by atoms with E-state index in [1.165, 1.54) is 0 Å². The molecule has 12 heavy (non-hydrogen) atoms.